The van der Waals surface area contributed by atoms with Gasteiger partial charge in [-0.05, 0) is 18.2 Å². The van der Waals surface area contributed by atoms with Crippen molar-refractivity contribution < 1.29 is 14.6 Å². The summed E-state index contributed by atoms with van der Waals surface area (Å²) in [6.07, 6.45) is 0. The number of halogens is 1. The van der Waals surface area contributed by atoms with Crippen LogP contribution in [0.3, 0.4) is 0 Å². The number of thiophene rings is 1. The molecule has 1 aromatic heterocycles. The minimum absolute atomic E-state index is 0.112. The van der Waals surface area contributed by atoms with Gasteiger partial charge in [-0.1, -0.05) is 23.7 Å². The van der Waals surface area contributed by atoms with Crippen LogP contribution in [0.5, 0.6) is 0 Å². The van der Waals surface area contributed by atoms with Gasteiger partial charge in [0.15, 0.2) is 6.54 Å². The third kappa shape index (κ3) is 4.52. The van der Waals surface area contributed by atoms with Crippen LogP contribution in [-0.2, 0) is 11.3 Å². The predicted octanol–water partition coefficient (Wildman–Crippen LogP) is 1.96. The monoisotopic (exact) mass is 340 g/mol. The van der Waals surface area contributed by atoms with Gasteiger partial charge in [-0.25, -0.2) is 0 Å². The fourth-order valence-corrected chi connectivity index (χ4v) is 3.22. The molecule has 1 atom stereocenters. The predicted molar refractivity (Wildman–Crippen MR) is 86.5 cm³/mol. The molecule has 0 bridgehead atoms. The van der Waals surface area contributed by atoms with Crippen molar-refractivity contribution in [1.29, 1.82) is 0 Å². The molecule has 0 saturated heterocycles. The molecular formula is C14H15ClN3O3S+. The minimum atomic E-state index is -0.514. The standard InChI is InChI=1S/C14H14ClN3O3S/c1-17(8-10-6-7-13(15)22-10)9-14(19)16-11-4-2-3-5-12(11)18(20)21/h2-7H,8-9H2,1H3,(H,16,19)/p+1. The largest absolute Gasteiger partial charge is 0.325 e. The lowest BCUT2D eigenvalue weighted by Crippen LogP contribution is -3.08. The number of anilines is 1. The second kappa shape index (κ2) is 7.35. The van der Waals surface area contributed by atoms with Gasteiger partial charge in [0.1, 0.15) is 12.2 Å². The molecule has 1 unspecified atom stereocenters. The van der Waals surface area contributed by atoms with Crippen LogP contribution >= 0.6 is 22.9 Å². The number of carbonyl (C=O) groups is 1. The van der Waals surface area contributed by atoms with E-state index in [0.29, 0.717) is 10.9 Å². The third-order valence-corrected chi connectivity index (χ3v) is 4.17. The van der Waals surface area contributed by atoms with E-state index in [1.165, 1.54) is 23.5 Å². The molecule has 0 radical (unpaired) electrons. The summed E-state index contributed by atoms with van der Waals surface area (Å²) in [5, 5.41) is 13.5. The second-order valence-corrected chi connectivity index (χ2v) is 6.64. The first-order valence-corrected chi connectivity index (χ1v) is 7.74. The van der Waals surface area contributed by atoms with Crippen molar-refractivity contribution in [1.82, 2.24) is 0 Å². The molecule has 1 heterocycles. The van der Waals surface area contributed by atoms with E-state index in [0.717, 1.165) is 9.78 Å². The lowest BCUT2D eigenvalue weighted by Gasteiger charge is -2.12. The molecule has 0 aliphatic heterocycles. The molecule has 2 N–H and O–H groups in total. The van der Waals surface area contributed by atoms with Gasteiger partial charge in [0.05, 0.1) is 21.2 Å². The highest BCUT2D eigenvalue weighted by molar-refractivity contribution is 7.16. The van der Waals surface area contributed by atoms with E-state index in [9.17, 15) is 14.9 Å². The Kier molecular flexibility index (Phi) is 5.48. The van der Waals surface area contributed by atoms with Crippen molar-refractivity contribution in [3.8, 4) is 0 Å². The lowest BCUT2D eigenvalue weighted by atomic mass is 10.2. The van der Waals surface area contributed by atoms with E-state index < -0.39 is 4.92 Å². The Morgan fingerprint density at radius 2 is 2.09 bits per heavy atom. The Morgan fingerprint density at radius 1 is 1.36 bits per heavy atom. The SMILES string of the molecule is C[NH+](CC(=O)Nc1ccccc1[N+](=O)[O-])Cc1ccc(Cl)s1. The van der Waals surface area contributed by atoms with E-state index in [-0.39, 0.29) is 23.8 Å². The number of nitro benzene ring substituents is 1. The Hall–Kier alpha value is -1.96. The van der Waals surface area contributed by atoms with Gasteiger partial charge in [-0.2, -0.15) is 0 Å². The molecular weight excluding hydrogens is 326 g/mol. The molecule has 0 aliphatic carbocycles. The van der Waals surface area contributed by atoms with Crippen LogP contribution in [0.2, 0.25) is 4.34 Å². The van der Waals surface area contributed by atoms with Crippen molar-refractivity contribution >= 4 is 40.2 Å². The topological polar surface area (TPSA) is 76.7 Å². The number of hydrogen-bond donors (Lipinski definition) is 2. The van der Waals surface area contributed by atoms with Crippen molar-refractivity contribution in [2.45, 2.75) is 6.54 Å². The van der Waals surface area contributed by atoms with Crippen molar-refractivity contribution in [3.63, 3.8) is 0 Å². The van der Waals surface area contributed by atoms with Crippen molar-refractivity contribution in [3.05, 3.63) is 55.7 Å². The van der Waals surface area contributed by atoms with E-state index >= 15 is 0 Å². The summed E-state index contributed by atoms with van der Waals surface area (Å²) in [5.41, 5.74) is 0.100. The maximum Gasteiger partial charge on any atom is 0.292 e. The molecule has 2 rings (SSSR count). The Morgan fingerprint density at radius 3 is 2.73 bits per heavy atom. The molecule has 1 amide bonds. The summed E-state index contributed by atoms with van der Waals surface area (Å²) in [5.74, 6) is -0.269. The smallest absolute Gasteiger partial charge is 0.292 e. The van der Waals surface area contributed by atoms with E-state index in [2.05, 4.69) is 5.32 Å². The first-order valence-electron chi connectivity index (χ1n) is 6.54. The number of nitrogens with one attached hydrogen (secondary N) is 2. The molecule has 116 valence electrons. The molecule has 8 heteroatoms. The molecule has 0 saturated carbocycles. The third-order valence-electron chi connectivity index (χ3n) is 2.94. The van der Waals surface area contributed by atoms with E-state index in [1.54, 1.807) is 12.1 Å². The van der Waals surface area contributed by atoms with Crippen molar-refractivity contribution in [2.24, 2.45) is 0 Å². The number of carbonyl (C=O) groups excluding carboxylic acids is 1. The fraction of sp³-hybridized carbons (Fsp3) is 0.214. The van der Waals surface area contributed by atoms with Gasteiger partial charge < -0.3 is 10.2 Å². The summed E-state index contributed by atoms with van der Waals surface area (Å²) >= 11 is 7.35. The van der Waals surface area contributed by atoms with Gasteiger partial charge in [0, 0.05) is 6.07 Å². The highest BCUT2D eigenvalue weighted by atomic mass is 35.5. The maximum absolute atomic E-state index is 12.0. The van der Waals surface area contributed by atoms with Crippen LogP contribution in [0.25, 0.3) is 0 Å². The number of amides is 1. The minimum Gasteiger partial charge on any atom is -0.325 e. The number of likely N-dealkylation sites (N-methyl/N-ethyl adjacent to an activating group) is 1. The Balaban J connectivity index is 1.94. The van der Waals surface area contributed by atoms with Crippen LogP contribution < -0.4 is 10.2 Å². The quantitative estimate of drug-likeness (QED) is 0.623. The van der Waals surface area contributed by atoms with Gasteiger partial charge in [0.25, 0.3) is 11.6 Å². The number of para-hydroxylation sites is 2. The fourth-order valence-electron chi connectivity index (χ4n) is 2.01. The summed E-state index contributed by atoms with van der Waals surface area (Å²) in [6.45, 7) is 0.878. The molecule has 22 heavy (non-hydrogen) atoms. The molecule has 0 aliphatic rings. The zero-order valence-corrected chi connectivity index (χ0v) is 13.4. The van der Waals surface area contributed by atoms with Gasteiger partial charge in [0.2, 0.25) is 0 Å². The summed E-state index contributed by atoms with van der Waals surface area (Å²) in [6, 6.07) is 9.83. The second-order valence-electron chi connectivity index (χ2n) is 4.84. The highest BCUT2D eigenvalue weighted by Gasteiger charge is 2.17. The van der Waals surface area contributed by atoms with Crippen LogP contribution in [0, 0.1) is 10.1 Å². The van der Waals surface area contributed by atoms with E-state index in [1.807, 2.05) is 19.2 Å². The average Bonchev–Trinajstić information content (AvgIpc) is 2.83. The zero-order valence-electron chi connectivity index (χ0n) is 11.8. The maximum atomic E-state index is 12.0. The summed E-state index contributed by atoms with van der Waals surface area (Å²) < 4.78 is 0.715. The molecule has 6 nitrogen and oxygen atoms in total. The van der Waals surface area contributed by atoms with Crippen LogP contribution in [0.4, 0.5) is 11.4 Å². The number of quaternary nitrogens is 1. The Labute approximate surface area is 136 Å². The number of nitrogens with zero attached hydrogens (tertiary/aromatic N) is 1. The number of rotatable bonds is 6. The first kappa shape index (κ1) is 16.4. The van der Waals surface area contributed by atoms with Crippen molar-refractivity contribution in [2.75, 3.05) is 18.9 Å². The first-order chi connectivity index (χ1) is 10.5. The summed E-state index contributed by atoms with van der Waals surface area (Å²) in [4.78, 5) is 24.5. The molecule has 0 spiro atoms. The van der Waals surface area contributed by atoms with E-state index in [4.69, 9.17) is 11.6 Å². The molecule has 1 aromatic carbocycles. The molecule has 0 fully saturated rings. The normalized spacial score (nSPS) is 11.9. The van der Waals surface area contributed by atoms with Gasteiger partial charge in [-0.3, -0.25) is 14.9 Å². The van der Waals surface area contributed by atoms with Crippen LogP contribution in [0.15, 0.2) is 36.4 Å². The zero-order chi connectivity index (χ0) is 16.1. The summed E-state index contributed by atoms with van der Waals surface area (Å²) in [7, 11) is 1.88. The molecule has 2 aromatic rings. The van der Waals surface area contributed by atoms with Gasteiger partial charge in [-0.15, -0.1) is 11.3 Å². The van der Waals surface area contributed by atoms with Gasteiger partial charge >= 0.3 is 0 Å². The number of benzene rings is 1. The Bertz CT molecular complexity index is 689. The lowest BCUT2D eigenvalue weighted by molar-refractivity contribution is -0.884. The van der Waals surface area contributed by atoms with Crippen LogP contribution in [-0.4, -0.2) is 24.4 Å². The highest BCUT2D eigenvalue weighted by Crippen LogP contribution is 2.23. The van der Waals surface area contributed by atoms with Crippen LogP contribution in [0.1, 0.15) is 4.88 Å². The average molecular weight is 341 g/mol. The number of hydrogen-bond acceptors (Lipinski definition) is 4. The number of nitro groups is 1.